The number of nitrogens with zero attached hydrogens (tertiary/aromatic N) is 1. The molecule has 0 amide bonds. The molecule has 1 fully saturated rings. The number of benzene rings is 1. The molecule has 0 bridgehead atoms. The first-order valence-electron chi connectivity index (χ1n) is 6.01. The average molecular weight is 259 g/mol. The van der Waals surface area contributed by atoms with Crippen LogP contribution in [0.1, 0.15) is 30.9 Å². The minimum Gasteiger partial charge on any atom is -0.392 e. The van der Waals surface area contributed by atoms with E-state index in [1.165, 1.54) is 6.07 Å². The molecule has 100 valence electrons. The molecule has 18 heavy (non-hydrogen) atoms. The highest BCUT2D eigenvalue weighted by Gasteiger charge is 2.34. The molecule has 1 aliphatic heterocycles. The van der Waals surface area contributed by atoms with Crippen molar-refractivity contribution in [2.24, 2.45) is 0 Å². The number of aliphatic hydroxyl groups excluding tert-OH is 1. The van der Waals surface area contributed by atoms with E-state index >= 15 is 0 Å². The Hall–Kier alpha value is -1.23. The van der Waals surface area contributed by atoms with Crippen LogP contribution in [0.3, 0.4) is 0 Å². The van der Waals surface area contributed by atoms with Crippen LogP contribution in [-0.4, -0.2) is 17.7 Å². The maximum absolute atomic E-state index is 12.9. The standard InChI is InChI=1S/C13H16F3NO/c1-9-3-2-6-17(9)11-5-4-10(8-18)12(7-11)13(14,15)16/h4-5,7,9,18H,2-3,6,8H2,1H3. The summed E-state index contributed by atoms with van der Waals surface area (Å²) in [6, 6.07) is 4.44. The maximum atomic E-state index is 12.9. The molecule has 1 unspecified atom stereocenters. The number of aliphatic hydroxyl groups is 1. The van der Waals surface area contributed by atoms with E-state index in [-0.39, 0.29) is 11.6 Å². The predicted octanol–water partition coefficient (Wildman–Crippen LogP) is 3.19. The quantitative estimate of drug-likeness (QED) is 0.881. The molecule has 2 rings (SSSR count). The van der Waals surface area contributed by atoms with Gasteiger partial charge in [-0.1, -0.05) is 6.07 Å². The summed E-state index contributed by atoms with van der Waals surface area (Å²) < 4.78 is 38.6. The van der Waals surface area contributed by atoms with Gasteiger partial charge >= 0.3 is 6.18 Å². The highest BCUT2D eigenvalue weighted by atomic mass is 19.4. The van der Waals surface area contributed by atoms with Gasteiger partial charge in [0.25, 0.3) is 0 Å². The second-order valence-electron chi connectivity index (χ2n) is 4.68. The van der Waals surface area contributed by atoms with Crippen molar-refractivity contribution in [2.45, 2.75) is 38.6 Å². The van der Waals surface area contributed by atoms with Gasteiger partial charge in [-0.05, 0) is 37.5 Å². The molecule has 5 heteroatoms. The Morgan fingerprint density at radius 1 is 1.39 bits per heavy atom. The number of halogens is 3. The molecule has 0 aliphatic carbocycles. The summed E-state index contributed by atoms with van der Waals surface area (Å²) in [4.78, 5) is 1.98. The van der Waals surface area contributed by atoms with Gasteiger partial charge in [-0.25, -0.2) is 0 Å². The predicted molar refractivity (Wildman–Crippen MR) is 63.4 cm³/mol. The Morgan fingerprint density at radius 3 is 2.61 bits per heavy atom. The molecular weight excluding hydrogens is 243 g/mol. The average Bonchev–Trinajstić information content (AvgIpc) is 2.73. The van der Waals surface area contributed by atoms with Gasteiger partial charge in [-0.15, -0.1) is 0 Å². The minimum atomic E-state index is -4.42. The van der Waals surface area contributed by atoms with Gasteiger partial charge in [0.05, 0.1) is 12.2 Å². The molecule has 1 aromatic rings. The number of alkyl halides is 3. The highest BCUT2D eigenvalue weighted by Crippen LogP contribution is 2.36. The first-order valence-corrected chi connectivity index (χ1v) is 6.01. The van der Waals surface area contributed by atoms with E-state index in [4.69, 9.17) is 5.11 Å². The second-order valence-corrected chi connectivity index (χ2v) is 4.68. The van der Waals surface area contributed by atoms with Crippen LogP contribution in [-0.2, 0) is 12.8 Å². The first kappa shape index (κ1) is 13.2. The monoisotopic (exact) mass is 259 g/mol. The zero-order valence-corrected chi connectivity index (χ0v) is 10.2. The Bertz CT molecular complexity index is 431. The van der Waals surface area contributed by atoms with E-state index in [0.717, 1.165) is 25.5 Å². The van der Waals surface area contributed by atoms with E-state index in [2.05, 4.69) is 0 Å². The van der Waals surface area contributed by atoms with E-state index in [1.807, 2.05) is 11.8 Å². The Kier molecular flexibility index (Phi) is 3.52. The highest BCUT2D eigenvalue weighted by molar-refractivity contribution is 5.53. The van der Waals surface area contributed by atoms with Gasteiger partial charge in [-0.3, -0.25) is 0 Å². The fraction of sp³-hybridized carbons (Fsp3) is 0.538. The van der Waals surface area contributed by atoms with Gasteiger partial charge in [0.15, 0.2) is 0 Å². The molecule has 1 heterocycles. The maximum Gasteiger partial charge on any atom is 0.416 e. The molecule has 1 N–H and O–H groups in total. The van der Waals surface area contributed by atoms with E-state index in [9.17, 15) is 13.2 Å². The van der Waals surface area contributed by atoms with Crippen LogP contribution in [0.5, 0.6) is 0 Å². The van der Waals surface area contributed by atoms with Crippen LogP contribution < -0.4 is 4.90 Å². The molecule has 2 nitrogen and oxygen atoms in total. The van der Waals surface area contributed by atoms with Crippen molar-refractivity contribution in [1.82, 2.24) is 0 Å². The molecule has 0 radical (unpaired) electrons. The SMILES string of the molecule is CC1CCCN1c1ccc(CO)c(C(F)(F)F)c1. The zero-order chi connectivity index (χ0) is 13.3. The van der Waals surface area contributed by atoms with Crippen molar-refractivity contribution in [3.8, 4) is 0 Å². The molecule has 0 saturated carbocycles. The smallest absolute Gasteiger partial charge is 0.392 e. The van der Waals surface area contributed by atoms with Crippen molar-refractivity contribution >= 4 is 5.69 Å². The summed E-state index contributed by atoms with van der Waals surface area (Å²) in [5, 5.41) is 8.98. The van der Waals surface area contributed by atoms with Crippen LogP contribution in [0.15, 0.2) is 18.2 Å². The van der Waals surface area contributed by atoms with Crippen LogP contribution in [0.4, 0.5) is 18.9 Å². The summed E-state index contributed by atoms with van der Waals surface area (Å²) in [7, 11) is 0. The number of hydrogen-bond acceptors (Lipinski definition) is 2. The summed E-state index contributed by atoms with van der Waals surface area (Å²) in [6.07, 6.45) is -2.41. The normalized spacial score (nSPS) is 20.5. The third-order valence-corrected chi connectivity index (χ3v) is 3.45. The first-order chi connectivity index (χ1) is 8.43. The zero-order valence-electron chi connectivity index (χ0n) is 10.2. The van der Waals surface area contributed by atoms with E-state index in [0.29, 0.717) is 5.69 Å². The van der Waals surface area contributed by atoms with Crippen LogP contribution >= 0.6 is 0 Å². The van der Waals surface area contributed by atoms with Crippen molar-refractivity contribution in [3.05, 3.63) is 29.3 Å². The van der Waals surface area contributed by atoms with E-state index < -0.39 is 18.3 Å². The molecule has 0 spiro atoms. The van der Waals surface area contributed by atoms with Gasteiger partial charge in [-0.2, -0.15) is 13.2 Å². The van der Waals surface area contributed by atoms with Crippen molar-refractivity contribution < 1.29 is 18.3 Å². The van der Waals surface area contributed by atoms with Crippen molar-refractivity contribution in [2.75, 3.05) is 11.4 Å². The van der Waals surface area contributed by atoms with Crippen LogP contribution in [0.25, 0.3) is 0 Å². The van der Waals surface area contributed by atoms with Crippen LogP contribution in [0.2, 0.25) is 0 Å². The van der Waals surface area contributed by atoms with Gasteiger partial charge in [0.2, 0.25) is 0 Å². The lowest BCUT2D eigenvalue weighted by Gasteiger charge is -2.25. The lowest BCUT2D eigenvalue weighted by Crippen LogP contribution is -2.26. The fourth-order valence-electron chi connectivity index (χ4n) is 2.46. The topological polar surface area (TPSA) is 23.5 Å². The largest absolute Gasteiger partial charge is 0.416 e. The number of rotatable bonds is 2. The molecule has 1 saturated heterocycles. The summed E-state index contributed by atoms with van der Waals surface area (Å²) in [5.41, 5.74) is -0.218. The molecule has 1 aromatic carbocycles. The van der Waals surface area contributed by atoms with Gasteiger partial charge < -0.3 is 10.0 Å². The Morgan fingerprint density at radius 2 is 2.11 bits per heavy atom. The molecule has 1 atom stereocenters. The van der Waals surface area contributed by atoms with Gasteiger partial charge in [0.1, 0.15) is 0 Å². The molecular formula is C13H16F3NO. The van der Waals surface area contributed by atoms with Crippen molar-refractivity contribution in [1.29, 1.82) is 0 Å². The lowest BCUT2D eigenvalue weighted by atomic mass is 10.1. The van der Waals surface area contributed by atoms with Crippen molar-refractivity contribution in [3.63, 3.8) is 0 Å². The van der Waals surface area contributed by atoms with Gasteiger partial charge in [0, 0.05) is 18.3 Å². The molecule has 1 aliphatic rings. The molecule has 0 aromatic heterocycles. The third-order valence-electron chi connectivity index (χ3n) is 3.45. The second kappa shape index (κ2) is 4.80. The number of hydrogen-bond donors (Lipinski definition) is 1. The fourth-order valence-corrected chi connectivity index (χ4v) is 2.46. The Balaban J connectivity index is 2.39. The Labute approximate surface area is 104 Å². The third kappa shape index (κ3) is 2.46. The summed E-state index contributed by atoms with van der Waals surface area (Å²) in [5.74, 6) is 0. The lowest BCUT2D eigenvalue weighted by molar-refractivity contribution is -0.138. The summed E-state index contributed by atoms with van der Waals surface area (Å²) in [6.45, 7) is 2.21. The number of anilines is 1. The van der Waals surface area contributed by atoms with E-state index in [1.54, 1.807) is 6.07 Å². The summed E-state index contributed by atoms with van der Waals surface area (Å²) >= 11 is 0. The minimum absolute atomic E-state index is 0.0712. The van der Waals surface area contributed by atoms with Crippen LogP contribution in [0, 0.1) is 0 Å².